The van der Waals surface area contributed by atoms with Crippen LogP contribution in [0.2, 0.25) is 0 Å². The summed E-state index contributed by atoms with van der Waals surface area (Å²) in [7, 11) is 0. The summed E-state index contributed by atoms with van der Waals surface area (Å²) in [6.45, 7) is 2.83. The van der Waals surface area contributed by atoms with Crippen LogP contribution >= 0.6 is 47.1 Å². The summed E-state index contributed by atoms with van der Waals surface area (Å²) >= 11 is 3.80. The molecule has 2 N–H and O–H groups in total. The quantitative estimate of drug-likeness (QED) is 0.458. The van der Waals surface area contributed by atoms with Crippen molar-refractivity contribution in [3.63, 3.8) is 0 Å². The monoisotopic (exact) mass is 433 g/mol. The number of benzene rings is 1. The van der Waals surface area contributed by atoms with Gasteiger partial charge in [0.05, 0.1) is 0 Å². The number of fused-ring (bicyclic) bond motifs is 1. The van der Waals surface area contributed by atoms with Gasteiger partial charge in [-0.3, -0.25) is 4.99 Å². The first-order valence-corrected chi connectivity index (χ1v) is 8.96. The minimum Gasteiger partial charge on any atom is -0.370 e. The largest absolute Gasteiger partial charge is 0.370 e. The Labute approximate surface area is 151 Å². The van der Waals surface area contributed by atoms with Gasteiger partial charge in [-0.05, 0) is 28.8 Å². The van der Waals surface area contributed by atoms with Gasteiger partial charge >= 0.3 is 0 Å². The first kappa shape index (κ1) is 16.9. The number of nitrogens with zero attached hydrogens (tertiary/aromatic N) is 2. The van der Waals surface area contributed by atoms with Gasteiger partial charge < -0.3 is 10.6 Å². The lowest BCUT2D eigenvalue weighted by molar-refractivity contribution is 0.456. The Bertz CT molecular complexity index is 606. The van der Waals surface area contributed by atoms with Crippen LogP contribution in [0.3, 0.4) is 0 Å². The predicted octanol–water partition coefficient (Wildman–Crippen LogP) is 3.43. The normalized spacial score (nSPS) is 16.0. The van der Waals surface area contributed by atoms with Crippen molar-refractivity contribution < 1.29 is 0 Å². The summed E-state index contributed by atoms with van der Waals surface area (Å²) in [4.78, 5) is 6.74. The van der Waals surface area contributed by atoms with E-state index in [0.29, 0.717) is 5.96 Å². The molecule has 1 aromatic heterocycles. The molecule has 1 aliphatic heterocycles. The number of thiophene rings is 1. The highest BCUT2D eigenvalue weighted by Crippen LogP contribution is 2.25. The van der Waals surface area contributed by atoms with E-state index < -0.39 is 0 Å². The molecule has 1 aliphatic rings. The first-order valence-electron chi connectivity index (χ1n) is 6.92. The van der Waals surface area contributed by atoms with Crippen molar-refractivity contribution in [2.75, 3.05) is 31.1 Å². The molecule has 0 aliphatic carbocycles. The minimum atomic E-state index is 0. The third-order valence-corrected chi connectivity index (χ3v) is 5.51. The molecular formula is C15H20IN3S2. The number of rotatable bonds is 3. The second-order valence-electron chi connectivity index (χ2n) is 4.85. The zero-order chi connectivity index (χ0) is 13.8. The Morgan fingerprint density at radius 3 is 2.81 bits per heavy atom. The van der Waals surface area contributed by atoms with E-state index in [4.69, 9.17) is 5.73 Å². The first-order chi connectivity index (χ1) is 9.84. The van der Waals surface area contributed by atoms with Crippen molar-refractivity contribution >= 4 is 63.1 Å². The standard InChI is InChI=1S/C15H19N3S2.HI/c16-15(18-7-9-19-10-8-18)17-6-5-12-11-20-14-4-2-1-3-13(12)14;/h1-4,11H,5-10H2,(H2,16,17);1H. The number of halogens is 1. The molecule has 0 amide bonds. The lowest BCUT2D eigenvalue weighted by atomic mass is 10.1. The molecule has 2 heterocycles. The molecule has 2 aromatic rings. The fourth-order valence-electron chi connectivity index (χ4n) is 2.41. The second kappa shape index (κ2) is 8.24. The number of thioether (sulfide) groups is 1. The fourth-order valence-corrected chi connectivity index (χ4v) is 4.31. The zero-order valence-corrected chi connectivity index (χ0v) is 15.8. The molecule has 114 valence electrons. The van der Waals surface area contributed by atoms with Crippen LogP contribution in [0.25, 0.3) is 10.1 Å². The van der Waals surface area contributed by atoms with E-state index in [9.17, 15) is 0 Å². The van der Waals surface area contributed by atoms with Crippen molar-refractivity contribution in [2.45, 2.75) is 6.42 Å². The van der Waals surface area contributed by atoms with Crippen molar-refractivity contribution in [1.29, 1.82) is 0 Å². The molecule has 3 nitrogen and oxygen atoms in total. The summed E-state index contributed by atoms with van der Waals surface area (Å²) < 4.78 is 1.35. The molecule has 0 saturated carbocycles. The van der Waals surface area contributed by atoms with Gasteiger partial charge in [-0.2, -0.15) is 11.8 Å². The Balaban J connectivity index is 0.00000161. The van der Waals surface area contributed by atoms with Crippen molar-refractivity contribution in [1.82, 2.24) is 4.90 Å². The van der Waals surface area contributed by atoms with Gasteiger partial charge in [0, 0.05) is 35.8 Å². The van der Waals surface area contributed by atoms with Gasteiger partial charge in [0.25, 0.3) is 0 Å². The van der Waals surface area contributed by atoms with E-state index in [-0.39, 0.29) is 24.0 Å². The summed E-state index contributed by atoms with van der Waals surface area (Å²) in [5.74, 6) is 3.03. The topological polar surface area (TPSA) is 41.6 Å². The minimum absolute atomic E-state index is 0. The van der Waals surface area contributed by atoms with Gasteiger partial charge in [-0.25, -0.2) is 0 Å². The highest BCUT2D eigenvalue weighted by molar-refractivity contribution is 14.0. The van der Waals surface area contributed by atoms with Crippen LogP contribution in [0.15, 0.2) is 34.6 Å². The number of hydrogen-bond donors (Lipinski definition) is 1. The van der Waals surface area contributed by atoms with Crippen LogP contribution in [0.4, 0.5) is 0 Å². The predicted molar refractivity (Wildman–Crippen MR) is 106 cm³/mol. The number of hydrogen-bond acceptors (Lipinski definition) is 3. The molecule has 1 aromatic carbocycles. The van der Waals surface area contributed by atoms with E-state index >= 15 is 0 Å². The van der Waals surface area contributed by atoms with E-state index in [1.54, 1.807) is 0 Å². The maximum absolute atomic E-state index is 6.07. The summed E-state index contributed by atoms with van der Waals surface area (Å²) in [6, 6.07) is 8.55. The smallest absolute Gasteiger partial charge is 0.191 e. The lowest BCUT2D eigenvalue weighted by Gasteiger charge is -2.27. The Hall–Kier alpha value is -0.470. The highest BCUT2D eigenvalue weighted by atomic mass is 127. The molecule has 0 spiro atoms. The number of nitrogens with two attached hydrogens (primary N) is 1. The van der Waals surface area contributed by atoms with Crippen LogP contribution in [0.5, 0.6) is 0 Å². The SMILES string of the molecule is I.NC(=NCCc1csc2ccccc12)N1CCSCC1. The molecule has 6 heteroatoms. The van der Waals surface area contributed by atoms with Gasteiger partial charge in [-0.1, -0.05) is 18.2 Å². The van der Waals surface area contributed by atoms with Crippen LogP contribution in [0.1, 0.15) is 5.56 Å². The zero-order valence-electron chi connectivity index (χ0n) is 11.8. The average molecular weight is 433 g/mol. The molecule has 0 unspecified atom stereocenters. The Morgan fingerprint density at radius 2 is 2.00 bits per heavy atom. The van der Waals surface area contributed by atoms with Crippen molar-refractivity contribution in [3.05, 3.63) is 35.2 Å². The number of guanidine groups is 1. The average Bonchev–Trinajstić information content (AvgIpc) is 2.92. The molecule has 0 radical (unpaired) electrons. The second-order valence-corrected chi connectivity index (χ2v) is 6.98. The Kier molecular flexibility index (Phi) is 6.63. The molecule has 1 saturated heterocycles. The van der Waals surface area contributed by atoms with Crippen molar-refractivity contribution in [3.8, 4) is 0 Å². The lowest BCUT2D eigenvalue weighted by Crippen LogP contribution is -2.42. The molecule has 1 fully saturated rings. The summed E-state index contributed by atoms with van der Waals surface area (Å²) in [5, 5.41) is 3.61. The van der Waals surface area contributed by atoms with Crippen LogP contribution < -0.4 is 5.73 Å². The molecule has 0 atom stereocenters. The van der Waals surface area contributed by atoms with E-state index in [2.05, 4.69) is 39.5 Å². The third kappa shape index (κ3) is 4.26. The maximum atomic E-state index is 6.07. The van der Waals surface area contributed by atoms with E-state index in [1.165, 1.54) is 15.6 Å². The molecular weight excluding hydrogens is 413 g/mol. The third-order valence-electron chi connectivity index (χ3n) is 3.55. The number of aliphatic imine (C=N–C) groups is 1. The van der Waals surface area contributed by atoms with E-state index in [1.807, 2.05) is 23.1 Å². The van der Waals surface area contributed by atoms with Gasteiger partial charge in [0.1, 0.15) is 0 Å². The molecule has 3 rings (SSSR count). The molecule has 0 bridgehead atoms. The van der Waals surface area contributed by atoms with Gasteiger partial charge in [0.15, 0.2) is 5.96 Å². The van der Waals surface area contributed by atoms with Gasteiger partial charge in [0.2, 0.25) is 0 Å². The van der Waals surface area contributed by atoms with Crippen molar-refractivity contribution in [2.24, 2.45) is 10.7 Å². The van der Waals surface area contributed by atoms with Crippen LogP contribution in [-0.2, 0) is 6.42 Å². The highest BCUT2D eigenvalue weighted by Gasteiger charge is 2.11. The Morgan fingerprint density at radius 1 is 1.24 bits per heavy atom. The van der Waals surface area contributed by atoms with E-state index in [0.717, 1.165) is 37.6 Å². The summed E-state index contributed by atoms with van der Waals surface area (Å²) in [5.41, 5.74) is 7.46. The maximum Gasteiger partial charge on any atom is 0.191 e. The van der Waals surface area contributed by atoms with Gasteiger partial charge in [-0.15, -0.1) is 35.3 Å². The van der Waals surface area contributed by atoms with Crippen LogP contribution in [-0.4, -0.2) is 42.0 Å². The summed E-state index contributed by atoms with van der Waals surface area (Å²) in [6.07, 6.45) is 0.966. The molecule has 21 heavy (non-hydrogen) atoms. The van der Waals surface area contributed by atoms with Crippen LogP contribution in [0, 0.1) is 0 Å². The fraction of sp³-hybridized carbons (Fsp3) is 0.400.